The summed E-state index contributed by atoms with van der Waals surface area (Å²) in [7, 11) is 1.67. The molecule has 1 aliphatic carbocycles. The van der Waals surface area contributed by atoms with Crippen LogP contribution in [0.1, 0.15) is 43.6 Å². The molecule has 2 aliphatic rings. The van der Waals surface area contributed by atoms with Gasteiger partial charge in [0.2, 0.25) is 5.91 Å². The van der Waals surface area contributed by atoms with Crippen molar-refractivity contribution in [3.63, 3.8) is 0 Å². The molecule has 0 N–H and O–H groups in total. The number of methoxy groups -OCH3 is 1. The maximum absolute atomic E-state index is 12.5. The number of nitrogens with zero attached hydrogens (tertiary/aromatic N) is 2. The normalized spacial score (nSPS) is 20.6. The number of hydrogen-bond donors (Lipinski definition) is 0. The highest BCUT2D eigenvalue weighted by molar-refractivity contribution is 5.95. The zero-order valence-electron chi connectivity index (χ0n) is 15.1. The van der Waals surface area contributed by atoms with E-state index in [1.54, 1.807) is 18.2 Å². The molecule has 5 heteroatoms. The maximum atomic E-state index is 12.5. The van der Waals surface area contributed by atoms with Gasteiger partial charge >= 0.3 is 0 Å². The van der Waals surface area contributed by atoms with Gasteiger partial charge in [-0.25, -0.2) is 4.98 Å². The molecule has 1 aromatic carbocycles. The van der Waals surface area contributed by atoms with E-state index in [0.717, 1.165) is 35.7 Å². The highest BCUT2D eigenvalue weighted by atomic mass is 16.5. The highest BCUT2D eigenvalue weighted by Crippen LogP contribution is 2.37. The van der Waals surface area contributed by atoms with Crippen molar-refractivity contribution < 1.29 is 14.3 Å². The number of carbonyl (C=O) groups is 1. The van der Waals surface area contributed by atoms with Crippen molar-refractivity contribution in [3.05, 3.63) is 48.2 Å². The molecule has 2 aromatic rings. The number of benzene rings is 1. The number of anilines is 1. The topological polar surface area (TPSA) is 51.7 Å². The first-order valence-electron chi connectivity index (χ1n) is 9.30. The van der Waals surface area contributed by atoms with Gasteiger partial charge in [-0.05, 0) is 55.5 Å². The van der Waals surface area contributed by atoms with E-state index in [0.29, 0.717) is 13.0 Å². The monoisotopic (exact) mass is 352 g/mol. The van der Waals surface area contributed by atoms with Crippen LogP contribution in [0.4, 0.5) is 5.82 Å². The SMILES string of the molecule is COc1ccc([C@H]2CC(=O)N(c3ccccn3)C2)cc1OC1CCCC1. The van der Waals surface area contributed by atoms with Gasteiger partial charge in [-0.3, -0.25) is 9.69 Å². The molecule has 5 nitrogen and oxygen atoms in total. The number of amides is 1. The number of rotatable bonds is 5. The van der Waals surface area contributed by atoms with Crippen molar-refractivity contribution in [2.45, 2.75) is 44.1 Å². The molecule has 1 saturated heterocycles. The van der Waals surface area contributed by atoms with Crippen LogP contribution >= 0.6 is 0 Å². The minimum atomic E-state index is 0.114. The van der Waals surface area contributed by atoms with Crippen LogP contribution in [-0.4, -0.2) is 30.6 Å². The van der Waals surface area contributed by atoms with E-state index in [4.69, 9.17) is 9.47 Å². The molecule has 1 aromatic heterocycles. The second kappa shape index (κ2) is 7.36. The standard InChI is InChI=1S/C21H24N2O3/c1-25-18-10-9-15(12-19(18)26-17-6-2-3-7-17)16-13-21(24)23(14-16)20-8-4-5-11-22-20/h4-5,8-12,16-17H,2-3,6-7,13-14H2,1H3/t16-/m0/s1. The van der Waals surface area contributed by atoms with Gasteiger partial charge in [-0.15, -0.1) is 0 Å². The Balaban J connectivity index is 1.55. The number of ether oxygens (including phenoxy) is 2. The largest absolute Gasteiger partial charge is 0.493 e. The molecular formula is C21H24N2O3. The van der Waals surface area contributed by atoms with Gasteiger partial charge in [-0.2, -0.15) is 0 Å². The third-order valence-corrected chi connectivity index (χ3v) is 5.31. The van der Waals surface area contributed by atoms with Crippen LogP contribution in [0.2, 0.25) is 0 Å². The average molecular weight is 352 g/mol. The van der Waals surface area contributed by atoms with E-state index in [-0.39, 0.29) is 17.9 Å². The Morgan fingerprint density at radius 2 is 1.96 bits per heavy atom. The van der Waals surface area contributed by atoms with Crippen LogP contribution in [0.25, 0.3) is 0 Å². The van der Waals surface area contributed by atoms with Crippen molar-refractivity contribution in [3.8, 4) is 11.5 Å². The van der Waals surface area contributed by atoms with Gasteiger partial charge in [0.25, 0.3) is 0 Å². The Morgan fingerprint density at radius 3 is 2.69 bits per heavy atom. The molecule has 2 fully saturated rings. The van der Waals surface area contributed by atoms with Crippen molar-refractivity contribution in [1.29, 1.82) is 0 Å². The summed E-state index contributed by atoms with van der Waals surface area (Å²) in [5.41, 5.74) is 1.12. The fraction of sp³-hybridized carbons (Fsp3) is 0.429. The smallest absolute Gasteiger partial charge is 0.228 e. The van der Waals surface area contributed by atoms with Crippen molar-refractivity contribution in [2.24, 2.45) is 0 Å². The van der Waals surface area contributed by atoms with Gasteiger partial charge in [0.1, 0.15) is 5.82 Å². The lowest BCUT2D eigenvalue weighted by molar-refractivity contribution is -0.117. The maximum Gasteiger partial charge on any atom is 0.228 e. The Hall–Kier alpha value is -2.56. The summed E-state index contributed by atoms with van der Waals surface area (Å²) in [6, 6.07) is 11.7. The predicted octanol–water partition coefficient (Wildman–Crippen LogP) is 3.93. The molecular weight excluding hydrogens is 328 g/mol. The van der Waals surface area contributed by atoms with Crippen LogP contribution in [-0.2, 0) is 4.79 Å². The van der Waals surface area contributed by atoms with Gasteiger partial charge in [-0.1, -0.05) is 12.1 Å². The van der Waals surface area contributed by atoms with Crippen molar-refractivity contribution >= 4 is 11.7 Å². The molecule has 1 saturated carbocycles. The third kappa shape index (κ3) is 3.39. The van der Waals surface area contributed by atoms with Gasteiger partial charge in [0.05, 0.1) is 13.2 Å². The van der Waals surface area contributed by atoms with E-state index in [1.807, 2.05) is 30.3 Å². The first-order valence-corrected chi connectivity index (χ1v) is 9.30. The zero-order chi connectivity index (χ0) is 17.9. The second-order valence-electron chi connectivity index (χ2n) is 7.03. The highest BCUT2D eigenvalue weighted by Gasteiger charge is 2.32. The van der Waals surface area contributed by atoms with Crippen molar-refractivity contribution in [1.82, 2.24) is 4.98 Å². The minimum Gasteiger partial charge on any atom is -0.493 e. The zero-order valence-corrected chi connectivity index (χ0v) is 15.1. The van der Waals surface area contributed by atoms with Gasteiger partial charge in [0.15, 0.2) is 11.5 Å². The quantitative estimate of drug-likeness (QED) is 0.818. The lowest BCUT2D eigenvalue weighted by Gasteiger charge is -2.19. The molecule has 1 aliphatic heterocycles. The Kier molecular flexibility index (Phi) is 4.78. The van der Waals surface area contributed by atoms with E-state index >= 15 is 0 Å². The Morgan fingerprint density at radius 1 is 1.12 bits per heavy atom. The third-order valence-electron chi connectivity index (χ3n) is 5.31. The van der Waals surface area contributed by atoms with Crippen LogP contribution in [0, 0.1) is 0 Å². The number of carbonyl (C=O) groups excluding carboxylic acids is 1. The van der Waals surface area contributed by atoms with Gasteiger partial charge in [0, 0.05) is 25.1 Å². The van der Waals surface area contributed by atoms with Crippen LogP contribution < -0.4 is 14.4 Å². The molecule has 0 unspecified atom stereocenters. The summed E-state index contributed by atoms with van der Waals surface area (Å²) < 4.78 is 11.7. The summed E-state index contributed by atoms with van der Waals surface area (Å²) in [6.07, 6.45) is 7.13. The minimum absolute atomic E-state index is 0.114. The molecule has 0 spiro atoms. The lowest BCUT2D eigenvalue weighted by Crippen LogP contribution is -2.25. The lowest BCUT2D eigenvalue weighted by atomic mass is 9.98. The number of pyridine rings is 1. The van der Waals surface area contributed by atoms with E-state index in [9.17, 15) is 4.79 Å². The molecule has 0 bridgehead atoms. The van der Waals surface area contributed by atoms with Crippen molar-refractivity contribution in [2.75, 3.05) is 18.6 Å². The van der Waals surface area contributed by atoms with E-state index in [1.165, 1.54) is 12.8 Å². The summed E-state index contributed by atoms with van der Waals surface area (Å²) in [4.78, 5) is 18.6. The molecule has 26 heavy (non-hydrogen) atoms. The summed E-state index contributed by atoms with van der Waals surface area (Å²) in [6.45, 7) is 0.644. The first-order chi connectivity index (χ1) is 12.7. The molecule has 1 atom stereocenters. The van der Waals surface area contributed by atoms with E-state index < -0.39 is 0 Å². The predicted molar refractivity (Wildman–Crippen MR) is 99.8 cm³/mol. The van der Waals surface area contributed by atoms with Crippen LogP contribution in [0.5, 0.6) is 11.5 Å². The summed E-state index contributed by atoms with van der Waals surface area (Å²) in [5.74, 6) is 2.52. The van der Waals surface area contributed by atoms with Crippen LogP contribution in [0.3, 0.4) is 0 Å². The number of hydrogen-bond acceptors (Lipinski definition) is 4. The molecule has 2 heterocycles. The van der Waals surface area contributed by atoms with Gasteiger partial charge < -0.3 is 9.47 Å². The molecule has 1 amide bonds. The summed E-state index contributed by atoms with van der Waals surface area (Å²) in [5, 5.41) is 0. The average Bonchev–Trinajstić information content (AvgIpc) is 3.32. The fourth-order valence-electron chi connectivity index (χ4n) is 3.89. The van der Waals surface area contributed by atoms with Crippen LogP contribution in [0.15, 0.2) is 42.6 Å². The molecule has 136 valence electrons. The number of aromatic nitrogens is 1. The molecule has 4 rings (SSSR count). The Bertz CT molecular complexity index is 772. The first kappa shape index (κ1) is 16.9. The fourth-order valence-corrected chi connectivity index (χ4v) is 3.89. The van der Waals surface area contributed by atoms with E-state index in [2.05, 4.69) is 11.1 Å². The summed E-state index contributed by atoms with van der Waals surface area (Å²) >= 11 is 0. The second-order valence-corrected chi connectivity index (χ2v) is 7.03. The molecule has 0 radical (unpaired) electrons. The Labute approximate surface area is 153 Å².